The van der Waals surface area contributed by atoms with E-state index in [0.29, 0.717) is 31.9 Å². The second-order valence-electron chi connectivity index (χ2n) is 13.5. The zero-order chi connectivity index (χ0) is 33.8. The van der Waals surface area contributed by atoms with Gasteiger partial charge in [-0.1, -0.05) is 49.2 Å². The van der Waals surface area contributed by atoms with Crippen molar-refractivity contribution in [2.24, 2.45) is 11.8 Å². The summed E-state index contributed by atoms with van der Waals surface area (Å²) in [5.74, 6) is 0.344. The van der Waals surface area contributed by atoms with Gasteiger partial charge in [0.25, 0.3) is 5.91 Å². The Hall–Kier alpha value is -2.85. The summed E-state index contributed by atoms with van der Waals surface area (Å²) >= 11 is 6.41. The molecule has 10 heteroatoms. The van der Waals surface area contributed by atoms with Crippen molar-refractivity contribution < 1.29 is 27.8 Å². The molecule has 5 rings (SSSR count). The first-order valence-electron chi connectivity index (χ1n) is 16.9. The van der Waals surface area contributed by atoms with Crippen LogP contribution in [-0.4, -0.2) is 63.7 Å². The molecule has 2 N–H and O–H groups in total. The number of benzene rings is 2. The lowest BCUT2D eigenvalue weighted by molar-refractivity contribution is 0.0456. The highest BCUT2D eigenvalue weighted by Gasteiger charge is 2.44. The van der Waals surface area contributed by atoms with Gasteiger partial charge in [-0.25, -0.2) is 13.1 Å². The van der Waals surface area contributed by atoms with Crippen molar-refractivity contribution in [3.8, 4) is 5.75 Å². The van der Waals surface area contributed by atoms with Crippen molar-refractivity contribution in [2.45, 2.75) is 88.1 Å². The summed E-state index contributed by atoms with van der Waals surface area (Å²) in [6.45, 7) is 9.15. The first-order valence-corrected chi connectivity index (χ1v) is 18.8. The third-order valence-electron chi connectivity index (χ3n) is 10.4. The fraction of sp³-hybridized carbons (Fsp3) is 0.541. The molecule has 3 aliphatic rings. The van der Waals surface area contributed by atoms with Crippen LogP contribution in [0.5, 0.6) is 5.75 Å². The molecule has 2 aromatic carbocycles. The molecule has 2 aliphatic carbocycles. The Bertz CT molecular complexity index is 1580. The van der Waals surface area contributed by atoms with Crippen LogP contribution < -0.4 is 14.4 Å². The van der Waals surface area contributed by atoms with E-state index in [1.54, 1.807) is 24.3 Å². The van der Waals surface area contributed by atoms with Gasteiger partial charge in [0.05, 0.1) is 24.5 Å². The lowest BCUT2D eigenvalue weighted by Crippen LogP contribution is -2.49. The number of aliphatic hydroxyl groups is 1. The fourth-order valence-electron chi connectivity index (χ4n) is 7.48. The average molecular weight is 685 g/mol. The minimum Gasteiger partial charge on any atom is -0.490 e. The summed E-state index contributed by atoms with van der Waals surface area (Å²) in [5.41, 5.74) is 3.16. The van der Waals surface area contributed by atoms with Gasteiger partial charge in [0.2, 0.25) is 10.0 Å². The van der Waals surface area contributed by atoms with Gasteiger partial charge in [-0.15, -0.1) is 6.58 Å². The normalized spacial score (nSPS) is 24.3. The van der Waals surface area contributed by atoms with E-state index in [2.05, 4.69) is 41.3 Å². The number of hydrogen-bond acceptors (Lipinski definition) is 7. The molecule has 256 valence electrons. The fourth-order valence-corrected chi connectivity index (χ4v) is 8.86. The number of unbranched alkanes of at least 4 members (excludes halogenated alkanes) is 1. The number of carbonyl (C=O) groups is 1. The molecule has 1 amide bonds. The van der Waals surface area contributed by atoms with Crippen molar-refractivity contribution in [3.63, 3.8) is 0 Å². The molecule has 0 aromatic heterocycles. The number of allylic oxidation sites excluding steroid dienone is 1. The molecule has 0 radical (unpaired) electrons. The van der Waals surface area contributed by atoms with E-state index in [1.807, 2.05) is 12.1 Å². The Morgan fingerprint density at radius 3 is 2.79 bits per heavy atom. The van der Waals surface area contributed by atoms with Crippen LogP contribution in [0, 0.1) is 11.8 Å². The number of sulfonamides is 1. The summed E-state index contributed by atoms with van der Waals surface area (Å²) < 4.78 is 40.6. The Labute approximate surface area is 285 Å². The Balaban J connectivity index is 1.47. The quantitative estimate of drug-likeness (QED) is 0.229. The third-order valence-corrected chi connectivity index (χ3v) is 12.4. The van der Waals surface area contributed by atoms with Gasteiger partial charge in [-0.05, 0) is 105 Å². The highest BCUT2D eigenvalue weighted by molar-refractivity contribution is 7.90. The van der Waals surface area contributed by atoms with Gasteiger partial charge in [-0.2, -0.15) is 0 Å². The lowest BCUT2D eigenvalue weighted by Gasteiger charge is -2.45. The molecule has 1 aliphatic heterocycles. The van der Waals surface area contributed by atoms with Gasteiger partial charge in [0.15, 0.2) is 0 Å². The minimum absolute atomic E-state index is 0.145. The zero-order valence-electron chi connectivity index (χ0n) is 27.8. The number of anilines is 1. The van der Waals surface area contributed by atoms with E-state index in [-0.39, 0.29) is 22.8 Å². The van der Waals surface area contributed by atoms with Crippen LogP contribution in [0.3, 0.4) is 0 Å². The van der Waals surface area contributed by atoms with Crippen LogP contribution in [0.25, 0.3) is 0 Å². The second-order valence-corrected chi connectivity index (χ2v) is 15.9. The smallest absolute Gasteiger partial charge is 0.264 e. The van der Waals surface area contributed by atoms with E-state index >= 15 is 0 Å². The van der Waals surface area contributed by atoms with Gasteiger partial charge < -0.3 is 19.5 Å². The number of fused-ring (bicyclic) bond motifs is 3. The number of aliphatic hydroxyl groups excluding tert-OH is 1. The number of halogens is 1. The van der Waals surface area contributed by atoms with Crippen molar-refractivity contribution in [3.05, 3.63) is 82.9 Å². The number of nitrogens with one attached hydrogen (secondary N) is 1. The van der Waals surface area contributed by atoms with E-state index in [1.165, 1.54) is 25.2 Å². The summed E-state index contributed by atoms with van der Waals surface area (Å²) in [4.78, 5) is 15.8. The van der Waals surface area contributed by atoms with Crippen molar-refractivity contribution in [1.29, 1.82) is 0 Å². The average Bonchev–Trinajstić information content (AvgIpc) is 3.18. The molecule has 3 unspecified atom stereocenters. The number of ether oxygens (including phenoxy) is 2. The number of amides is 1. The first kappa shape index (κ1) is 35.5. The molecule has 2 aromatic rings. The number of nitrogens with zero attached hydrogens (tertiary/aromatic N) is 1. The van der Waals surface area contributed by atoms with Crippen molar-refractivity contribution >= 4 is 33.2 Å². The van der Waals surface area contributed by atoms with E-state index in [4.69, 9.17) is 21.1 Å². The van der Waals surface area contributed by atoms with Crippen LogP contribution in [0.4, 0.5) is 5.69 Å². The number of aryl methyl sites for hydroxylation is 1. The summed E-state index contributed by atoms with van der Waals surface area (Å²) in [6.07, 6.45) is 11.6. The van der Waals surface area contributed by atoms with Crippen molar-refractivity contribution in [2.75, 3.05) is 31.7 Å². The van der Waals surface area contributed by atoms with Gasteiger partial charge in [-0.3, -0.25) is 4.79 Å². The standard InChI is InChI=1S/C37H49ClN2O6S/c1-5-7-8-12-33(41)30-16-13-28(30)22-40-23-37(19-9-11-26-20-29(38)15-17-31(26)37)24-46-35-18-14-27(21-32(35)40)36(42)39-47(43,44)25(3)34(45-4)10-6-2/h6,8,12,14-15,17-18,20-21,25,28,30,33-34,41H,2,5,7,9-11,13,16,19,22-24H2,1,3-4H3,(H,39,42)/b12-8+/t25?,28-,30+,33?,34?,37-/m0/s1. The maximum atomic E-state index is 13.5. The zero-order valence-corrected chi connectivity index (χ0v) is 29.4. The monoisotopic (exact) mass is 684 g/mol. The topological polar surface area (TPSA) is 105 Å². The lowest BCUT2D eigenvalue weighted by atomic mass is 9.68. The first-order chi connectivity index (χ1) is 22.5. The molecule has 47 heavy (non-hydrogen) atoms. The largest absolute Gasteiger partial charge is 0.490 e. The highest BCUT2D eigenvalue weighted by Crippen LogP contribution is 2.46. The molecule has 1 spiro atoms. The van der Waals surface area contributed by atoms with Gasteiger partial charge in [0, 0.05) is 36.2 Å². The molecule has 8 nitrogen and oxygen atoms in total. The third kappa shape index (κ3) is 7.74. The summed E-state index contributed by atoms with van der Waals surface area (Å²) in [5, 5.41) is 10.8. The van der Waals surface area contributed by atoms with E-state index < -0.39 is 33.4 Å². The van der Waals surface area contributed by atoms with Crippen LogP contribution >= 0.6 is 11.6 Å². The summed E-state index contributed by atoms with van der Waals surface area (Å²) in [6, 6.07) is 11.3. The Morgan fingerprint density at radius 2 is 2.09 bits per heavy atom. The van der Waals surface area contributed by atoms with Crippen LogP contribution in [0.2, 0.25) is 5.02 Å². The molecule has 6 atom stereocenters. The molecular weight excluding hydrogens is 636 g/mol. The highest BCUT2D eigenvalue weighted by atomic mass is 35.5. The van der Waals surface area contributed by atoms with Gasteiger partial charge >= 0.3 is 0 Å². The van der Waals surface area contributed by atoms with Crippen molar-refractivity contribution in [1.82, 2.24) is 4.72 Å². The second kappa shape index (κ2) is 15.1. The van der Waals surface area contributed by atoms with Crippen LogP contribution in [0.1, 0.15) is 80.3 Å². The predicted molar refractivity (Wildman–Crippen MR) is 188 cm³/mol. The molecule has 0 saturated heterocycles. The number of rotatable bonds is 13. The number of carbonyl (C=O) groups excluding carboxylic acids is 1. The summed E-state index contributed by atoms with van der Waals surface area (Å²) in [7, 11) is -2.60. The van der Waals surface area contributed by atoms with E-state index in [0.717, 1.165) is 55.7 Å². The Morgan fingerprint density at radius 1 is 1.28 bits per heavy atom. The maximum Gasteiger partial charge on any atom is 0.264 e. The molecule has 1 saturated carbocycles. The number of hydrogen-bond donors (Lipinski definition) is 2. The predicted octanol–water partition coefficient (Wildman–Crippen LogP) is 6.60. The maximum absolute atomic E-state index is 13.5. The van der Waals surface area contributed by atoms with Gasteiger partial charge in [0.1, 0.15) is 11.0 Å². The molecule has 0 bridgehead atoms. The minimum atomic E-state index is -4.05. The van der Waals surface area contributed by atoms with Crippen LogP contribution in [-0.2, 0) is 26.6 Å². The van der Waals surface area contributed by atoms with E-state index in [9.17, 15) is 18.3 Å². The van der Waals surface area contributed by atoms with Crippen LogP contribution in [0.15, 0.2) is 61.2 Å². The molecular formula is C37H49ClN2O6S. The molecule has 1 fully saturated rings. The molecule has 1 heterocycles. The SMILES string of the molecule is C=CCC(OC)C(C)S(=O)(=O)NC(=O)c1ccc2c(c1)N(C[C@@H]1CC[C@H]1C(O)/C=C/CCC)C[C@@]1(CCCc3cc(Cl)ccc31)CO2. The Kier molecular flexibility index (Phi) is 11.4. The number of methoxy groups -OCH3 is 1.